The number of esters is 2. The molecule has 0 spiro atoms. The van der Waals surface area contributed by atoms with E-state index in [1.807, 2.05) is 86.6 Å². The van der Waals surface area contributed by atoms with Gasteiger partial charge in [-0.05, 0) is 84.6 Å². The molecule has 0 aliphatic carbocycles. The summed E-state index contributed by atoms with van der Waals surface area (Å²) in [6.45, 7) is 7.60. The van der Waals surface area contributed by atoms with Crippen LogP contribution in [0.15, 0.2) is 97.1 Å². The summed E-state index contributed by atoms with van der Waals surface area (Å²) in [5.41, 5.74) is 3.92. The largest absolute Gasteiger partial charge is 0.491 e. The summed E-state index contributed by atoms with van der Waals surface area (Å²) in [4.78, 5) is 24.9. The van der Waals surface area contributed by atoms with Crippen LogP contribution in [0.3, 0.4) is 0 Å². The van der Waals surface area contributed by atoms with Crippen LogP contribution in [0.2, 0.25) is 0 Å². The molecule has 10 nitrogen and oxygen atoms in total. The molecule has 2 heterocycles. The van der Waals surface area contributed by atoms with Gasteiger partial charge in [-0.15, -0.1) is 0 Å². The quantitative estimate of drug-likeness (QED) is 0.0603. The van der Waals surface area contributed by atoms with Crippen molar-refractivity contribution in [3.05, 3.63) is 97.1 Å². The first kappa shape index (κ1) is 35.1. The van der Waals surface area contributed by atoms with Crippen molar-refractivity contribution in [1.29, 1.82) is 0 Å². The minimum atomic E-state index is -0.517. The Kier molecular flexibility index (Phi) is 12.1. The first-order valence-electron chi connectivity index (χ1n) is 16.9. The van der Waals surface area contributed by atoms with E-state index in [0.29, 0.717) is 37.9 Å². The Morgan fingerprint density at radius 3 is 1.14 bits per heavy atom. The van der Waals surface area contributed by atoms with Gasteiger partial charge in [-0.25, -0.2) is 0 Å². The molecule has 50 heavy (non-hydrogen) atoms. The highest BCUT2D eigenvalue weighted by Gasteiger charge is 2.24. The summed E-state index contributed by atoms with van der Waals surface area (Å²) >= 11 is 0. The summed E-state index contributed by atoms with van der Waals surface area (Å²) in [7, 11) is 0. The lowest BCUT2D eigenvalue weighted by Crippen LogP contribution is -2.20. The second-order valence-electron chi connectivity index (χ2n) is 12.4. The lowest BCUT2D eigenvalue weighted by Gasteiger charge is -2.14. The van der Waals surface area contributed by atoms with Crippen molar-refractivity contribution in [2.45, 2.75) is 51.1 Å². The Morgan fingerprint density at radius 2 is 0.840 bits per heavy atom. The Bertz CT molecular complexity index is 1530. The van der Waals surface area contributed by atoms with Gasteiger partial charge in [-0.1, -0.05) is 48.5 Å². The molecule has 4 atom stereocenters. The van der Waals surface area contributed by atoms with Crippen LogP contribution in [0.4, 0.5) is 0 Å². The fourth-order valence-corrected chi connectivity index (χ4v) is 4.88. The molecular weight excluding hydrogens is 640 g/mol. The van der Waals surface area contributed by atoms with E-state index in [-0.39, 0.29) is 37.3 Å². The van der Waals surface area contributed by atoms with Crippen molar-refractivity contribution in [3.8, 4) is 45.3 Å². The van der Waals surface area contributed by atoms with Gasteiger partial charge in [0.05, 0.1) is 51.5 Å². The zero-order valence-electron chi connectivity index (χ0n) is 28.3. The van der Waals surface area contributed by atoms with Crippen LogP contribution in [-0.4, -0.2) is 76.0 Å². The van der Waals surface area contributed by atoms with E-state index in [1.165, 1.54) is 0 Å². The molecule has 0 saturated carbocycles. The average Bonchev–Trinajstić information content (AvgIpc) is 4.08. The standard InChI is InChI=1S/C40H42O10/c1-27(43-23-37-25-47-37)21-45-33-11-3-29(4-12-33)31-7-15-35(16-8-31)49-39(41)19-20-40(42)50-36-17-9-32(10-18-36)30-5-13-34(14-6-30)46-22-28(2)44-24-38-26-48-38/h3-18,27-28,37-38H,19-26H2,1-2H3. The minimum absolute atomic E-state index is 0.0251. The van der Waals surface area contributed by atoms with E-state index in [0.717, 1.165) is 47.0 Å². The lowest BCUT2D eigenvalue weighted by atomic mass is 10.1. The van der Waals surface area contributed by atoms with Gasteiger partial charge in [0.1, 0.15) is 48.4 Å². The highest BCUT2D eigenvalue weighted by molar-refractivity contribution is 5.80. The number of carbonyl (C=O) groups excluding carboxylic acids is 2. The molecule has 6 rings (SSSR count). The normalized spacial score (nSPS) is 17.3. The number of hydrogen-bond donors (Lipinski definition) is 0. The molecule has 4 aromatic carbocycles. The van der Waals surface area contributed by atoms with E-state index in [1.54, 1.807) is 24.3 Å². The molecule has 2 aliphatic rings. The maximum absolute atomic E-state index is 12.4. The third kappa shape index (κ3) is 11.4. The lowest BCUT2D eigenvalue weighted by molar-refractivity contribution is -0.140. The van der Waals surface area contributed by atoms with Crippen LogP contribution in [0, 0.1) is 0 Å². The smallest absolute Gasteiger partial charge is 0.311 e. The van der Waals surface area contributed by atoms with Crippen molar-refractivity contribution in [3.63, 3.8) is 0 Å². The maximum Gasteiger partial charge on any atom is 0.311 e. The molecule has 0 radical (unpaired) electrons. The fourth-order valence-electron chi connectivity index (χ4n) is 4.88. The van der Waals surface area contributed by atoms with Crippen LogP contribution in [0.5, 0.6) is 23.0 Å². The molecular formula is C40H42O10. The van der Waals surface area contributed by atoms with Crippen LogP contribution in [-0.2, 0) is 28.5 Å². The Balaban J connectivity index is 0.881. The molecule has 2 saturated heterocycles. The Labute approximate surface area is 292 Å². The fraction of sp³-hybridized carbons (Fsp3) is 0.350. The molecule has 0 amide bonds. The van der Waals surface area contributed by atoms with Gasteiger partial charge in [0.15, 0.2) is 0 Å². The average molecular weight is 683 g/mol. The summed E-state index contributed by atoms with van der Waals surface area (Å²) in [5.74, 6) is 1.28. The second kappa shape index (κ2) is 17.3. The van der Waals surface area contributed by atoms with E-state index in [4.69, 9.17) is 37.9 Å². The molecule has 0 N–H and O–H groups in total. The van der Waals surface area contributed by atoms with Crippen LogP contribution in [0.1, 0.15) is 26.7 Å². The molecule has 4 aromatic rings. The number of benzene rings is 4. The van der Waals surface area contributed by atoms with Crippen molar-refractivity contribution in [2.24, 2.45) is 0 Å². The molecule has 4 unspecified atom stereocenters. The summed E-state index contributed by atoms with van der Waals surface area (Å²) in [6.07, 6.45) is 0.208. The van der Waals surface area contributed by atoms with Gasteiger partial charge in [-0.2, -0.15) is 0 Å². The molecule has 0 aromatic heterocycles. The molecule has 2 aliphatic heterocycles. The molecule has 10 heteroatoms. The van der Waals surface area contributed by atoms with Gasteiger partial charge in [0, 0.05) is 0 Å². The number of ether oxygens (including phenoxy) is 8. The second-order valence-corrected chi connectivity index (χ2v) is 12.4. The number of rotatable bonds is 19. The van der Waals surface area contributed by atoms with Crippen molar-refractivity contribution < 1.29 is 47.5 Å². The Hall–Kier alpha value is -4.74. The predicted molar refractivity (Wildman–Crippen MR) is 186 cm³/mol. The summed E-state index contributed by atoms with van der Waals surface area (Å²) in [5, 5.41) is 0. The van der Waals surface area contributed by atoms with E-state index in [2.05, 4.69) is 0 Å². The Morgan fingerprint density at radius 1 is 0.540 bits per heavy atom. The van der Waals surface area contributed by atoms with Gasteiger partial charge >= 0.3 is 11.9 Å². The highest BCUT2D eigenvalue weighted by Crippen LogP contribution is 2.27. The van der Waals surface area contributed by atoms with Crippen LogP contribution >= 0.6 is 0 Å². The summed E-state index contributed by atoms with van der Waals surface area (Å²) in [6, 6.07) is 29.9. The SMILES string of the molecule is CC(COc1ccc(-c2ccc(OC(=O)CCC(=O)Oc3ccc(-c4ccc(OCC(C)OCC5CO5)cc4)cc3)cc2)cc1)OCC1CO1. The molecule has 2 fully saturated rings. The number of epoxide rings is 2. The maximum atomic E-state index is 12.4. The summed E-state index contributed by atoms with van der Waals surface area (Å²) < 4.78 is 44.2. The van der Waals surface area contributed by atoms with E-state index in [9.17, 15) is 9.59 Å². The number of hydrogen-bond acceptors (Lipinski definition) is 10. The monoisotopic (exact) mass is 682 g/mol. The first-order chi connectivity index (χ1) is 24.4. The van der Waals surface area contributed by atoms with Crippen molar-refractivity contribution in [1.82, 2.24) is 0 Å². The topological polar surface area (TPSA) is 115 Å². The number of carbonyl (C=O) groups is 2. The zero-order valence-corrected chi connectivity index (χ0v) is 28.3. The van der Waals surface area contributed by atoms with E-state index >= 15 is 0 Å². The zero-order chi connectivity index (χ0) is 34.7. The molecule has 0 bridgehead atoms. The van der Waals surface area contributed by atoms with Crippen molar-refractivity contribution in [2.75, 3.05) is 39.6 Å². The highest BCUT2D eigenvalue weighted by atomic mass is 16.6. The van der Waals surface area contributed by atoms with E-state index < -0.39 is 11.9 Å². The minimum Gasteiger partial charge on any atom is -0.491 e. The van der Waals surface area contributed by atoms with Gasteiger partial charge in [0.25, 0.3) is 0 Å². The molecule has 262 valence electrons. The van der Waals surface area contributed by atoms with Crippen molar-refractivity contribution >= 4 is 11.9 Å². The first-order valence-corrected chi connectivity index (χ1v) is 16.9. The third-order valence-electron chi connectivity index (χ3n) is 7.99. The predicted octanol–water partition coefficient (Wildman–Crippen LogP) is 6.68. The van der Waals surface area contributed by atoms with Gasteiger partial charge in [0.2, 0.25) is 0 Å². The van der Waals surface area contributed by atoms with Crippen LogP contribution < -0.4 is 18.9 Å². The van der Waals surface area contributed by atoms with Crippen LogP contribution in [0.25, 0.3) is 22.3 Å². The third-order valence-corrected chi connectivity index (χ3v) is 7.99. The van der Waals surface area contributed by atoms with Gasteiger partial charge < -0.3 is 37.9 Å². The van der Waals surface area contributed by atoms with Gasteiger partial charge in [-0.3, -0.25) is 9.59 Å².